The first-order valence-electron chi connectivity index (χ1n) is 8.65. The van der Waals surface area contributed by atoms with Gasteiger partial charge in [-0.25, -0.2) is 9.97 Å². The Kier molecular flexibility index (Phi) is 6.56. The minimum atomic E-state index is -4.47. The van der Waals surface area contributed by atoms with Gasteiger partial charge in [0.05, 0.1) is 6.10 Å². The lowest BCUT2D eigenvalue weighted by molar-refractivity contribution is -0.141. The van der Waals surface area contributed by atoms with Gasteiger partial charge in [-0.05, 0) is 18.2 Å². The van der Waals surface area contributed by atoms with E-state index in [2.05, 4.69) is 14.9 Å². The zero-order valence-corrected chi connectivity index (χ0v) is 15.5. The first-order chi connectivity index (χ1) is 12.9. The van der Waals surface area contributed by atoms with E-state index in [4.69, 9.17) is 0 Å². The van der Waals surface area contributed by atoms with E-state index in [1.54, 1.807) is 16.7 Å². The Balaban J connectivity index is 1.46. The number of β-amino-alcohol motifs (C(OH)–C–C–N with tert-alkyl or cyclic N) is 1. The molecule has 146 valence electrons. The highest BCUT2D eigenvalue weighted by Crippen LogP contribution is 2.28. The number of anilines is 1. The lowest BCUT2D eigenvalue weighted by atomic mass is 10.3. The summed E-state index contributed by atoms with van der Waals surface area (Å²) in [6.07, 6.45) is -3.80. The van der Waals surface area contributed by atoms with Crippen LogP contribution in [0.15, 0.2) is 47.5 Å². The second-order valence-electron chi connectivity index (χ2n) is 6.31. The van der Waals surface area contributed by atoms with Gasteiger partial charge < -0.3 is 10.0 Å². The Hall–Kier alpha value is -1.84. The van der Waals surface area contributed by atoms with E-state index < -0.39 is 18.0 Å². The summed E-state index contributed by atoms with van der Waals surface area (Å²) in [5.74, 6) is 0.700. The molecule has 9 heteroatoms. The monoisotopic (exact) mass is 398 g/mol. The molecule has 0 saturated carbocycles. The molecule has 0 radical (unpaired) electrons. The van der Waals surface area contributed by atoms with Crippen LogP contribution in [0.3, 0.4) is 0 Å². The molecule has 1 fully saturated rings. The van der Waals surface area contributed by atoms with Crippen LogP contribution in [-0.4, -0.2) is 64.6 Å². The Morgan fingerprint density at radius 2 is 1.78 bits per heavy atom. The Bertz CT molecular complexity index is 724. The van der Waals surface area contributed by atoms with Crippen molar-refractivity contribution in [1.82, 2.24) is 14.9 Å². The van der Waals surface area contributed by atoms with Gasteiger partial charge in [0.2, 0.25) is 5.95 Å². The lowest BCUT2D eigenvalue weighted by Crippen LogP contribution is -2.49. The summed E-state index contributed by atoms with van der Waals surface area (Å²) in [5.41, 5.74) is -0.928. The average Bonchev–Trinajstić information content (AvgIpc) is 2.67. The molecule has 1 atom stereocenters. The number of aliphatic hydroxyl groups excluding tert-OH is 1. The summed E-state index contributed by atoms with van der Waals surface area (Å²) in [4.78, 5) is 12.6. The largest absolute Gasteiger partial charge is 0.433 e. The maximum absolute atomic E-state index is 12.8. The van der Waals surface area contributed by atoms with Gasteiger partial charge in [0, 0.05) is 49.6 Å². The molecule has 1 aromatic heterocycles. The number of nitrogens with zero attached hydrogens (tertiary/aromatic N) is 4. The molecule has 0 spiro atoms. The summed E-state index contributed by atoms with van der Waals surface area (Å²) in [5, 5.41) is 10.2. The van der Waals surface area contributed by atoms with Crippen LogP contribution in [0.5, 0.6) is 0 Å². The summed E-state index contributed by atoms with van der Waals surface area (Å²) in [6.45, 7) is 2.89. The third kappa shape index (κ3) is 5.82. The molecule has 0 bridgehead atoms. The molecule has 2 heterocycles. The minimum Gasteiger partial charge on any atom is -0.391 e. The molecule has 27 heavy (non-hydrogen) atoms. The highest BCUT2D eigenvalue weighted by molar-refractivity contribution is 7.99. The van der Waals surface area contributed by atoms with Crippen LogP contribution in [0.2, 0.25) is 0 Å². The van der Waals surface area contributed by atoms with Crippen LogP contribution in [0, 0.1) is 0 Å². The number of aliphatic hydroxyl groups is 1. The first kappa shape index (κ1) is 19.9. The van der Waals surface area contributed by atoms with E-state index in [0.29, 0.717) is 38.5 Å². The standard InChI is InChI=1S/C18H21F3N4OS/c19-18(20,21)16-6-7-22-17(23-16)25-10-8-24(9-11-25)12-14(26)13-27-15-4-2-1-3-5-15/h1-7,14,26H,8-13H2/t14-/m0/s1. The van der Waals surface area contributed by atoms with Crippen LogP contribution in [-0.2, 0) is 6.18 Å². The molecule has 0 amide bonds. The maximum Gasteiger partial charge on any atom is 0.433 e. The van der Waals surface area contributed by atoms with Gasteiger partial charge in [-0.3, -0.25) is 4.90 Å². The summed E-state index contributed by atoms with van der Waals surface area (Å²) in [7, 11) is 0. The predicted octanol–water partition coefficient (Wildman–Crippen LogP) is 2.77. The molecule has 5 nitrogen and oxygen atoms in total. The fourth-order valence-electron chi connectivity index (χ4n) is 2.85. The molecule has 0 aliphatic carbocycles. The second-order valence-corrected chi connectivity index (χ2v) is 7.40. The molecule has 3 rings (SSSR count). The normalized spacial score (nSPS) is 17.1. The predicted molar refractivity (Wildman–Crippen MR) is 98.9 cm³/mol. The van der Waals surface area contributed by atoms with E-state index in [1.165, 1.54) is 0 Å². The second kappa shape index (κ2) is 8.90. The van der Waals surface area contributed by atoms with Crippen molar-refractivity contribution < 1.29 is 18.3 Å². The quantitative estimate of drug-likeness (QED) is 0.756. The van der Waals surface area contributed by atoms with Crippen LogP contribution < -0.4 is 4.90 Å². The van der Waals surface area contributed by atoms with Gasteiger partial charge >= 0.3 is 6.18 Å². The fourth-order valence-corrected chi connectivity index (χ4v) is 3.69. The van der Waals surface area contributed by atoms with Crippen molar-refractivity contribution in [2.45, 2.75) is 17.2 Å². The summed E-state index contributed by atoms with van der Waals surface area (Å²) < 4.78 is 38.4. The Labute approximate surface area is 160 Å². The smallest absolute Gasteiger partial charge is 0.391 e. The number of benzene rings is 1. The van der Waals surface area contributed by atoms with Gasteiger partial charge in [0.25, 0.3) is 0 Å². The molecule has 0 unspecified atom stereocenters. The van der Waals surface area contributed by atoms with Crippen molar-refractivity contribution in [2.24, 2.45) is 0 Å². The zero-order chi connectivity index (χ0) is 19.3. The van der Waals surface area contributed by atoms with Crippen LogP contribution in [0.25, 0.3) is 0 Å². The highest BCUT2D eigenvalue weighted by Gasteiger charge is 2.33. The van der Waals surface area contributed by atoms with Crippen molar-refractivity contribution in [3.8, 4) is 0 Å². The van der Waals surface area contributed by atoms with Crippen molar-refractivity contribution in [3.05, 3.63) is 48.3 Å². The van der Waals surface area contributed by atoms with E-state index in [-0.39, 0.29) is 5.95 Å². The Morgan fingerprint density at radius 3 is 2.44 bits per heavy atom. The third-order valence-corrected chi connectivity index (χ3v) is 5.40. The number of rotatable bonds is 6. The molecule has 2 aromatic rings. The van der Waals surface area contributed by atoms with Crippen LogP contribution in [0.1, 0.15) is 5.69 Å². The van der Waals surface area contributed by atoms with Gasteiger partial charge in [-0.2, -0.15) is 13.2 Å². The number of hydrogen-bond acceptors (Lipinski definition) is 6. The molecular formula is C18H21F3N4OS. The van der Waals surface area contributed by atoms with Crippen molar-refractivity contribution >= 4 is 17.7 Å². The van der Waals surface area contributed by atoms with Gasteiger partial charge in [0.1, 0.15) is 5.69 Å². The summed E-state index contributed by atoms with van der Waals surface area (Å²) >= 11 is 1.60. The van der Waals surface area contributed by atoms with Crippen molar-refractivity contribution in [2.75, 3.05) is 43.4 Å². The van der Waals surface area contributed by atoms with E-state index in [0.717, 1.165) is 17.2 Å². The topological polar surface area (TPSA) is 52.5 Å². The van der Waals surface area contributed by atoms with Crippen molar-refractivity contribution in [3.63, 3.8) is 0 Å². The van der Waals surface area contributed by atoms with Gasteiger partial charge in [-0.15, -0.1) is 11.8 Å². The van der Waals surface area contributed by atoms with E-state index >= 15 is 0 Å². The average molecular weight is 398 g/mol. The molecule has 1 aromatic carbocycles. The number of piperazine rings is 1. The van der Waals surface area contributed by atoms with Gasteiger partial charge in [-0.1, -0.05) is 18.2 Å². The lowest BCUT2D eigenvalue weighted by Gasteiger charge is -2.35. The van der Waals surface area contributed by atoms with Crippen LogP contribution in [0.4, 0.5) is 19.1 Å². The first-order valence-corrected chi connectivity index (χ1v) is 9.64. The molecular weight excluding hydrogens is 377 g/mol. The molecule has 1 N–H and O–H groups in total. The van der Waals surface area contributed by atoms with Crippen molar-refractivity contribution in [1.29, 1.82) is 0 Å². The number of hydrogen-bond donors (Lipinski definition) is 1. The van der Waals surface area contributed by atoms with Gasteiger partial charge in [0.15, 0.2) is 0 Å². The molecule has 1 saturated heterocycles. The van der Waals surface area contributed by atoms with E-state index in [1.807, 2.05) is 30.3 Å². The fraction of sp³-hybridized carbons (Fsp3) is 0.444. The number of aromatic nitrogens is 2. The number of alkyl halides is 3. The molecule has 1 aliphatic rings. The Morgan fingerprint density at radius 1 is 1.07 bits per heavy atom. The number of halogens is 3. The minimum absolute atomic E-state index is 0.102. The number of thioether (sulfide) groups is 1. The van der Waals surface area contributed by atoms with E-state index in [9.17, 15) is 18.3 Å². The maximum atomic E-state index is 12.8. The SMILES string of the molecule is O[C@H](CSc1ccccc1)CN1CCN(c2nccc(C(F)(F)F)n2)CC1. The third-order valence-electron chi connectivity index (χ3n) is 4.24. The van der Waals surface area contributed by atoms with Crippen LogP contribution >= 0.6 is 11.8 Å². The highest BCUT2D eigenvalue weighted by atomic mass is 32.2. The zero-order valence-electron chi connectivity index (χ0n) is 14.6. The summed E-state index contributed by atoms with van der Waals surface area (Å²) in [6, 6.07) is 10.8. The molecule has 1 aliphatic heterocycles.